The quantitative estimate of drug-likeness (QED) is 0.377. The number of H-pyrrole nitrogens is 1. The number of halogens is 2. The van der Waals surface area contributed by atoms with Crippen LogP contribution in [0.5, 0.6) is 0 Å². The largest absolute Gasteiger partial charge is 0.345 e. The monoisotopic (exact) mass is 529 g/mol. The predicted molar refractivity (Wildman–Crippen MR) is 136 cm³/mol. The summed E-state index contributed by atoms with van der Waals surface area (Å²) in [6, 6.07) is 1.82. The molecule has 0 saturated carbocycles. The van der Waals surface area contributed by atoms with Crippen molar-refractivity contribution >= 4 is 17.8 Å². The van der Waals surface area contributed by atoms with Crippen molar-refractivity contribution in [3.8, 4) is 11.3 Å². The Morgan fingerprint density at radius 2 is 2.03 bits per heavy atom. The summed E-state index contributed by atoms with van der Waals surface area (Å²) in [6.07, 6.45) is 4.22. The van der Waals surface area contributed by atoms with Crippen molar-refractivity contribution in [1.29, 1.82) is 0 Å². The Bertz CT molecular complexity index is 1280. The van der Waals surface area contributed by atoms with Crippen molar-refractivity contribution in [1.82, 2.24) is 30.3 Å². The van der Waals surface area contributed by atoms with E-state index in [4.69, 9.17) is 4.52 Å². The van der Waals surface area contributed by atoms with Gasteiger partial charge < -0.3 is 25.0 Å². The van der Waals surface area contributed by atoms with Gasteiger partial charge in [-0.3, -0.25) is 9.59 Å². The standard InChI is InChI=1S/C26H33F2N7O3/c1-14(2)23-33-26(38-34-23)32-20(12-22(36)35-10-6-5-7-15(35)3)25(37)30-16(4)24-29-13-21(31-24)18-9-8-17(27)11-19(18)28/h8-9,11,13-16,20H,5-7,10,12H2,1-4H3,(H,29,31)(H,30,37)(H,32,33,34)/t15-,16?,20?/m0/s1. The number of aromatic amines is 1. The van der Waals surface area contributed by atoms with E-state index in [1.54, 1.807) is 11.8 Å². The molecule has 10 nitrogen and oxygen atoms in total. The summed E-state index contributed by atoms with van der Waals surface area (Å²) in [5, 5.41) is 9.69. The molecular weight excluding hydrogens is 496 g/mol. The van der Waals surface area contributed by atoms with E-state index >= 15 is 0 Å². The fourth-order valence-corrected chi connectivity index (χ4v) is 4.43. The number of imidazole rings is 1. The van der Waals surface area contributed by atoms with Gasteiger partial charge >= 0.3 is 6.01 Å². The lowest BCUT2D eigenvalue weighted by Gasteiger charge is -2.34. The molecule has 0 aliphatic carbocycles. The van der Waals surface area contributed by atoms with Crippen LogP contribution in [0.1, 0.15) is 77.0 Å². The smallest absolute Gasteiger partial charge is 0.322 e. The normalized spacial score (nSPS) is 17.3. The van der Waals surface area contributed by atoms with E-state index in [0.29, 0.717) is 23.9 Å². The van der Waals surface area contributed by atoms with E-state index in [0.717, 1.165) is 31.4 Å². The van der Waals surface area contributed by atoms with E-state index in [2.05, 4.69) is 30.7 Å². The number of rotatable bonds is 9. The number of carbonyl (C=O) groups excluding carboxylic acids is 2. The van der Waals surface area contributed by atoms with Gasteiger partial charge in [-0.1, -0.05) is 19.0 Å². The molecule has 38 heavy (non-hydrogen) atoms. The Morgan fingerprint density at radius 1 is 1.24 bits per heavy atom. The van der Waals surface area contributed by atoms with Crippen LogP contribution in [0.3, 0.4) is 0 Å². The van der Waals surface area contributed by atoms with Crippen molar-refractivity contribution in [2.45, 2.75) is 77.4 Å². The topological polar surface area (TPSA) is 129 Å². The second-order valence-electron chi connectivity index (χ2n) is 9.98. The summed E-state index contributed by atoms with van der Waals surface area (Å²) in [5.41, 5.74) is 0.497. The van der Waals surface area contributed by atoms with Gasteiger partial charge in [0.2, 0.25) is 11.8 Å². The van der Waals surface area contributed by atoms with Gasteiger partial charge in [0, 0.05) is 30.1 Å². The number of benzene rings is 1. The number of hydrogen-bond acceptors (Lipinski definition) is 7. The average Bonchev–Trinajstić information content (AvgIpc) is 3.54. The Balaban J connectivity index is 1.49. The molecule has 12 heteroatoms. The number of carbonyl (C=O) groups is 2. The zero-order valence-electron chi connectivity index (χ0n) is 21.9. The molecular formula is C26H33F2N7O3. The molecule has 4 rings (SSSR count). The Hall–Kier alpha value is -3.83. The first kappa shape index (κ1) is 27.2. The minimum absolute atomic E-state index is 0.0246. The molecule has 1 saturated heterocycles. The highest BCUT2D eigenvalue weighted by atomic mass is 19.1. The van der Waals surface area contributed by atoms with Crippen LogP contribution in [-0.4, -0.2) is 55.5 Å². The zero-order chi connectivity index (χ0) is 27.4. The van der Waals surface area contributed by atoms with Crippen molar-refractivity contribution in [2.75, 3.05) is 11.9 Å². The van der Waals surface area contributed by atoms with Gasteiger partial charge in [-0.05, 0) is 45.2 Å². The minimum atomic E-state index is -0.983. The molecule has 0 radical (unpaired) electrons. The Kier molecular flexibility index (Phi) is 8.38. The molecule has 1 fully saturated rings. The lowest BCUT2D eigenvalue weighted by atomic mass is 10.0. The highest BCUT2D eigenvalue weighted by Crippen LogP contribution is 2.24. The van der Waals surface area contributed by atoms with Gasteiger partial charge in [-0.15, -0.1) is 0 Å². The number of anilines is 1. The van der Waals surface area contributed by atoms with E-state index in [-0.39, 0.29) is 35.9 Å². The highest BCUT2D eigenvalue weighted by Gasteiger charge is 2.31. The summed E-state index contributed by atoms with van der Waals surface area (Å²) in [5.74, 6) is -1.15. The minimum Gasteiger partial charge on any atom is -0.345 e. The van der Waals surface area contributed by atoms with Crippen LogP contribution < -0.4 is 10.6 Å². The number of nitrogens with zero attached hydrogens (tertiary/aromatic N) is 4. The first-order chi connectivity index (χ1) is 18.1. The van der Waals surface area contributed by atoms with Crippen LogP contribution in [0.2, 0.25) is 0 Å². The first-order valence-electron chi connectivity index (χ1n) is 12.8. The average molecular weight is 530 g/mol. The SMILES string of the molecule is CC(C)c1noc(NC(CC(=O)N2CCCC[C@@H]2C)C(=O)NC(C)c2ncc(-c3ccc(F)cc3F)[nH]2)n1. The van der Waals surface area contributed by atoms with Crippen LogP contribution in [0.25, 0.3) is 11.3 Å². The molecule has 3 N–H and O–H groups in total. The second kappa shape index (κ2) is 11.7. The van der Waals surface area contributed by atoms with E-state index in [9.17, 15) is 18.4 Å². The molecule has 1 aliphatic heterocycles. The van der Waals surface area contributed by atoms with Crippen molar-refractivity contribution in [3.63, 3.8) is 0 Å². The summed E-state index contributed by atoms with van der Waals surface area (Å²) < 4.78 is 32.7. The molecule has 0 spiro atoms. The third-order valence-corrected chi connectivity index (χ3v) is 6.66. The number of aromatic nitrogens is 4. The fourth-order valence-electron chi connectivity index (χ4n) is 4.43. The number of nitrogens with one attached hydrogen (secondary N) is 3. The number of amides is 2. The first-order valence-corrected chi connectivity index (χ1v) is 12.8. The van der Waals surface area contributed by atoms with Crippen LogP contribution in [0.15, 0.2) is 28.9 Å². The van der Waals surface area contributed by atoms with Crippen LogP contribution >= 0.6 is 0 Å². The van der Waals surface area contributed by atoms with Crippen LogP contribution in [0, 0.1) is 11.6 Å². The lowest BCUT2D eigenvalue weighted by molar-refractivity contribution is -0.137. The summed E-state index contributed by atoms with van der Waals surface area (Å²) in [7, 11) is 0. The summed E-state index contributed by atoms with van der Waals surface area (Å²) >= 11 is 0. The molecule has 1 aliphatic rings. The summed E-state index contributed by atoms with van der Waals surface area (Å²) in [6.45, 7) is 8.19. The fraction of sp³-hybridized carbons (Fsp3) is 0.500. The molecule has 2 aromatic heterocycles. The molecule has 204 valence electrons. The van der Waals surface area contributed by atoms with E-state index in [1.807, 2.05) is 20.8 Å². The maximum Gasteiger partial charge on any atom is 0.322 e. The van der Waals surface area contributed by atoms with Gasteiger partial charge in [0.1, 0.15) is 23.5 Å². The highest BCUT2D eigenvalue weighted by molar-refractivity contribution is 5.90. The van der Waals surface area contributed by atoms with E-state index in [1.165, 1.54) is 12.3 Å². The third kappa shape index (κ3) is 6.35. The predicted octanol–water partition coefficient (Wildman–Crippen LogP) is 4.31. The molecule has 3 atom stereocenters. The van der Waals surface area contributed by atoms with Crippen molar-refractivity contribution < 1.29 is 22.9 Å². The zero-order valence-corrected chi connectivity index (χ0v) is 21.9. The molecule has 2 amide bonds. The molecule has 2 unspecified atom stereocenters. The van der Waals surface area contributed by atoms with Gasteiger partial charge in [0.25, 0.3) is 0 Å². The van der Waals surface area contributed by atoms with Crippen molar-refractivity contribution in [2.24, 2.45) is 0 Å². The van der Waals surface area contributed by atoms with Gasteiger partial charge in [-0.25, -0.2) is 13.8 Å². The number of hydrogen-bond donors (Lipinski definition) is 3. The molecule has 3 heterocycles. The maximum atomic E-state index is 14.2. The molecule has 0 bridgehead atoms. The second-order valence-corrected chi connectivity index (χ2v) is 9.98. The molecule has 3 aromatic rings. The van der Waals surface area contributed by atoms with Crippen molar-refractivity contribution in [3.05, 3.63) is 47.7 Å². The maximum absolute atomic E-state index is 14.2. The van der Waals surface area contributed by atoms with Gasteiger partial charge in [0.15, 0.2) is 5.82 Å². The van der Waals surface area contributed by atoms with Crippen LogP contribution in [0.4, 0.5) is 14.8 Å². The number of piperidine rings is 1. The summed E-state index contributed by atoms with van der Waals surface area (Å²) in [4.78, 5) is 39.8. The lowest BCUT2D eigenvalue weighted by Crippen LogP contribution is -2.47. The third-order valence-electron chi connectivity index (χ3n) is 6.66. The number of likely N-dealkylation sites (tertiary alicyclic amines) is 1. The Morgan fingerprint density at radius 3 is 2.71 bits per heavy atom. The Labute approximate surface area is 219 Å². The van der Waals surface area contributed by atoms with E-state index < -0.39 is 29.6 Å². The molecule has 1 aromatic carbocycles. The van der Waals surface area contributed by atoms with Gasteiger partial charge in [0.05, 0.1) is 24.4 Å². The van der Waals surface area contributed by atoms with Crippen LogP contribution in [-0.2, 0) is 9.59 Å². The van der Waals surface area contributed by atoms with Gasteiger partial charge in [-0.2, -0.15) is 4.98 Å².